The fraction of sp³-hybridized carbons (Fsp3) is 0.308. The smallest absolute Gasteiger partial charge is 0.331 e. The van der Waals surface area contributed by atoms with Crippen LogP contribution in [0.5, 0.6) is 0 Å². The molecule has 2 aromatic heterocycles. The summed E-state index contributed by atoms with van der Waals surface area (Å²) in [5.74, 6) is -0.581. The molecule has 2 rings (SSSR count). The Hall–Kier alpha value is -2.19. The Morgan fingerprint density at radius 2 is 2.10 bits per heavy atom. The molecule has 0 aliphatic rings. The van der Waals surface area contributed by atoms with Gasteiger partial charge in [0.1, 0.15) is 11.8 Å². The summed E-state index contributed by atoms with van der Waals surface area (Å²) in [6, 6.07) is 4.65. The van der Waals surface area contributed by atoms with Gasteiger partial charge in [-0.3, -0.25) is 18.7 Å². The molecule has 0 spiro atoms. The van der Waals surface area contributed by atoms with Gasteiger partial charge < -0.3 is 10.4 Å². The highest BCUT2D eigenvalue weighted by Crippen LogP contribution is 2.17. The van der Waals surface area contributed by atoms with Crippen molar-refractivity contribution in [1.82, 2.24) is 14.5 Å². The molecule has 0 aliphatic carbocycles. The maximum absolute atomic E-state index is 12.0. The molecule has 7 nitrogen and oxygen atoms in total. The van der Waals surface area contributed by atoms with Crippen LogP contribution in [-0.4, -0.2) is 26.7 Å². The van der Waals surface area contributed by atoms with E-state index >= 15 is 0 Å². The molecule has 0 bridgehead atoms. The minimum Gasteiger partial charge on any atom is -0.386 e. The summed E-state index contributed by atoms with van der Waals surface area (Å²) in [7, 11) is 2.75. The third kappa shape index (κ3) is 3.11. The van der Waals surface area contributed by atoms with E-state index in [1.54, 1.807) is 12.1 Å². The first-order chi connectivity index (χ1) is 9.91. The molecular formula is C13H15N3O4S. The zero-order valence-corrected chi connectivity index (χ0v) is 12.4. The molecule has 2 heterocycles. The number of amides is 1. The Morgan fingerprint density at radius 3 is 2.71 bits per heavy atom. The minimum absolute atomic E-state index is 0.00273. The van der Waals surface area contributed by atoms with Crippen molar-refractivity contribution in [3.63, 3.8) is 0 Å². The lowest BCUT2D eigenvalue weighted by Gasteiger charge is -2.12. The van der Waals surface area contributed by atoms with Crippen molar-refractivity contribution in [2.24, 2.45) is 14.1 Å². The number of rotatable bonds is 4. The molecule has 0 saturated carbocycles. The molecule has 0 aromatic carbocycles. The lowest BCUT2D eigenvalue weighted by molar-refractivity contribution is 0.0908. The van der Waals surface area contributed by atoms with Gasteiger partial charge in [0.25, 0.3) is 11.5 Å². The normalized spacial score (nSPS) is 12.1. The minimum atomic E-state index is -0.822. The van der Waals surface area contributed by atoms with Crippen LogP contribution in [0, 0.1) is 0 Å². The van der Waals surface area contributed by atoms with E-state index in [4.69, 9.17) is 0 Å². The lowest BCUT2D eigenvalue weighted by Crippen LogP contribution is -2.41. The molecule has 0 radical (unpaired) electrons. The van der Waals surface area contributed by atoms with Crippen LogP contribution in [0.2, 0.25) is 0 Å². The summed E-state index contributed by atoms with van der Waals surface area (Å²) in [5.41, 5.74) is -1.17. The fourth-order valence-corrected chi connectivity index (χ4v) is 2.52. The molecule has 112 valence electrons. The lowest BCUT2D eigenvalue weighted by atomic mass is 10.3. The summed E-state index contributed by atoms with van der Waals surface area (Å²) in [5, 5.41) is 14.2. The summed E-state index contributed by atoms with van der Waals surface area (Å²) in [6.07, 6.45) is -0.822. The monoisotopic (exact) mass is 309 g/mol. The van der Waals surface area contributed by atoms with Gasteiger partial charge in [-0.2, -0.15) is 0 Å². The number of nitrogens with one attached hydrogen (secondary N) is 1. The number of carbonyl (C=O) groups is 1. The van der Waals surface area contributed by atoms with Gasteiger partial charge >= 0.3 is 5.69 Å². The van der Waals surface area contributed by atoms with Crippen LogP contribution in [0.3, 0.4) is 0 Å². The fourth-order valence-electron chi connectivity index (χ4n) is 1.81. The molecule has 0 unspecified atom stereocenters. The van der Waals surface area contributed by atoms with E-state index in [0.29, 0.717) is 0 Å². The van der Waals surface area contributed by atoms with Crippen LogP contribution in [0.4, 0.5) is 0 Å². The van der Waals surface area contributed by atoms with Crippen molar-refractivity contribution in [2.45, 2.75) is 6.10 Å². The number of aliphatic hydroxyl groups is 1. The molecular weight excluding hydrogens is 294 g/mol. The molecule has 21 heavy (non-hydrogen) atoms. The van der Waals surface area contributed by atoms with E-state index in [-0.39, 0.29) is 12.2 Å². The molecule has 8 heteroatoms. The quantitative estimate of drug-likeness (QED) is 0.804. The summed E-state index contributed by atoms with van der Waals surface area (Å²) in [6.45, 7) is 0.00273. The second-order valence-electron chi connectivity index (χ2n) is 4.51. The van der Waals surface area contributed by atoms with E-state index in [2.05, 4.69) is 5.32 Å². The highest BCUT2D eigenvalue weighted by atomic mass is 32.1. The molecule has 2 N–H and O–H groups in total. The van der Waals surface area contributed by atoms with Gasteiger partial charge in [-0.1, -0.05) is 6.07 Å². The average molecular weight is 309 g/mol. The van der Waals surface area contributed by atoms with Crippen LogP contribution in [-0.2, 0) is 14.1 Å². The van der Waals surface area contributed by atoms with Gasteiger partial charge in [0.05, 0.1) is 0 Å². The molecule has 0 aliphatic heterocycles. The third-order valence-corrected chi connectivity index (χ3v) is 4.06. The maximum Gasteiger partial charge on any atom is 0.331 e. The Balaban J connectivity index is 2.15. The first kappa shape index (κ1) is 15.2. The molecule has 2 aromatic rings. The van der Waals surface area contributed by atoms with Gasteiger partial charge in [0, 0.05) is 31.6 Å². The van der Waals surface area contributed by atoms with E-state index in [0.717, 1.165) is 20.1 Å². The Labute approximate surface area is 124 Å². The van der Waals surface area contributed by atoms with E-state index in [9.17, 15) is 19.5 Å². The standard InChI is InChI=1S/C13H15N3O4S/c1-15-8(6-11(18)16(2)13(15)20)12(19)14-7-9(17)10-4-3-5-21-10/h3-6,9,17H,7H2,1-2H3,(H,14,19)/t9-/m0/s1. The van der Waals surface area contributed by atoms with Crippen molar-refractivity contribution in [3.05, 3.63) is 55.0 Å². The van der Waals surface area contributed by atoms with Crippen molar-refractivity contribution in [3.8, 4) is 0 Å². The van der Waals surface area contributed by atoms with Crippen LogP contribution >= 0.6 is 11.3 Å². The van der Waals surface area contributed by atoms with Gasteiger partial charge in [0.15, 0.2) is 0 Å². The molecule has 0 fully saturated rings. The predicted octanol–water partition coefficient (Wildman–Crippen LogP) is -0.391. The van der Waals surface area contributed by atoms with E-state index in [1.807, 2.05) is 5.38 Å². The number of carbonyl (C=O) groups excluding carboxylic acids is 1. The first-order valence-electron chi connectivity index (χ1n) is 6.18. The predicted molar refractivity (Wildman–Crippen MR) is 78.5 cm³/mol. The number of nitrogens with zero attached hydrogens (tertiary/aromatic N) is 2. The first-order valence-corrected chi connectivity index (χ1v) is 7.06. The number of thiophene rings is 1. The van der Waals surface area contributed by atoms with Gasteiger partial charge in [-0.15, -0.1) is 11.3 Å². The Bertz CT molecular complexity index is 761. The summed E-state index contributed by atoms with van der Waals surface area (Å²) < 4.78 is 2.01. The number of aliphatic hydroxyl groups excluding tert-OH is 1. The summed E-state index contributed by atoms with van der Waals surface area (Å²) in [4.78, 5) is 36.1. The highest BCUT2D eigenvalue weighted by Gasteiger charge is 2.15. The van der Waals surface area contributed by atoms with Crippen molar-refractivity contribution in [2.75, 3.05) is 6.54 Å². The second kappa shape index (κ2) is 6.06. The van der Waals surface area contributed by atoms with E-state index in [1.165, 1.54) is 25.4 Å². The SMILES string of the molecule is Cn1c(C(=O)NC[C@H](O)c2cccs2)cc(=O)n(C)c1=O. The Kier molecular flexibility index (Phi) is 4.39. The third-order valence-electron chi connectivity index (χ3n) is 3.09. The maximum atomic E-state index is 12.0. The molecule has 1 atom stereocenters. The molecule has 1 amide bonds. The zero-order valence-electron chi connectivity index (χ0n) is 11.6. The number of hydrogen-bond acceptors (Lipinski definition) is 5. The van der Waals surface area contributed by atoms with Crippen LogP contribution < -0.4 is 16.6 Å². The second-order valence-corrected chi connectivity index (χ2v) is 5.49. The van der Waals surface area contributed by atoms with Gasteiger partial charge in [-0.25, -0.2) is 4.79 Å². The van der Waals surface area contributed by atoms with Crippen LogP contribution in [0.15, 0.2) is 33.2 Å². The van der Waals surface area contributed by atoms with E-state index < -0.39 is 23.3 Å². The van der Waals surface area contributed by atoms with Gasteiger partial charge in [0.2, 0.25) is 0 Å². The zero-order chi connectivity index (χ0) is 15.6. The number of aromatic nitrogens is 2. The topological polar surface area (TPSA) is 93.3 Å². The van der Waals surface area contributed by atoms with Crippen molar-refractivity contribution in [1.29, 1.82) is 0 Å². The van der Waals surface area contributed by atoms with Gasteiger partial charge in [-0.05, 0) is 11.4 Å². The van der Waals surface area contributed by atoms with Crippen LogP contribution in [0.1, 0.15) is 21.5 Å². The molecule has 0 saturated heterocycles. The Morgan fingerprint density at radius 1 is 1.38 bits per heavy atom. The van der Waals surface area contributed by atoms with Crippen molar-refractivity contribution < 1.29 is 9.90 Å². The number of hydrogen-bond donors (Lipinski definition) is 2. The van der Waals surface area contributed by atoms with Crippen molar-refractivity contribution >= 4 is 17.2 Å². The average Bonchev–Trinajstić information content (AvgIpc) is 3.00. The summed E-state index contributed by atoms with van der Waals surface area (Å²) >= 11 is 1.38. The largest absolute Gasteiger partial charge is 0.386 e. The van der Waals surface area contributed by atoms with Crippen LogP contribution in [0.25, 0.3) is 0 Å². The highest BCUT2D eigenvalue weighted by molar-refractivity contribution is 7.10.